The first kappa shape index (κ1) is 16.7. The van der Waals surface area contributed by atoms with Gasteiger partial charge in [-0.2, -0.15) is 0 Å². The molecule has 1 amide bonds. The van der Waals surface area contributed by atoms with Crippen molar-refractivity contribution >= 4 is 22.4 Å². The predicted octanol–water partition coefficient (Wildman–Crippen LogP) is 2.52. The molecule has 6 nitrogen and oxygen atoms in total. The van der Waals surface area contributed by atoms with Crippen molar-refractivity contribution in [2.75, 3.05) is 38.2 Å². The summed E-state index contributed by atoms with van der Waals surface area (Å²) in [6.07, 6.45) is 2.54. The molecule has 0 aliphatic carbocycles. The molecule has 0 atom stereocenters. The summed E-state index contributed by atoms with van der Waals surface area (Å²) in [6.45, 7) is 7.32. The van der Waals surface area contributed by atoms with Crippen LogP contribution in [0.3, 0.4) is 0 Å². The van der Waals surface area contributed by atoms with Gasteiger partial charge in [-0.25, -0.2) is 9.97 Å². The molecule has 24 heavy (non-hydrogen) atoms. The lowest BCUT2D eigenvalue weighted by Gasteiger charge is -2.21. The van der Waals surface area contributed by atoms with Crippen molar-refractivity contribution in [3.8, 4) is 5.88 Å². The number of anilines is 1. The van der Waals surface area contributed by atoms with Gasteiger partial charge in [-0.05, 0) is 26.3 Å². The molecule has 3 heterocycles. The Kier molecular flexibility index (Phi) is 4.99. The van der Waals surface area contributed by atoms with Crippen LogP contribution in [0.25, 0.3) is 0 Å². The average molecular weight is 346 g/mol. The molecule has 0 N–H and O–H groups in total. The minimum absolute atomic E-state index is 0.0315. The zero-order chi connectivity index (χ0) is 17.1. The Balaban J connectivity index is 1.69. The number of nitrogens with zero attached hydrogens (tertiary/aromatic N) is 4. The molecule has 0 aromatic carbocycles. The third-order valence-electron chi connectivity index (χ3n) is 4.26. The number of carbonyl (C=O) groups is 1. The van der Waals surface area contributed by atoms with Gasteiger partial charge in [-0.3, -0.25) is 4.79 Å². The van der Waals surface area contributed by atoms with Gasteiger partial charge in [-0.15, -0.1) is 11.3 Å². The maximum atomic E-state index is 12.7. The summed E-state index contributed by atoms with van der Waals surface area (Å²) in [5.41, 5.74) is 1.72. The summed E-state index contributed by atoms with van der Waals surface area (Å²) in [7, 11) is 1.55. The van der Waals surface area contributed by atoms with Crippen LogP contribution in [0.5, 0.6) is 5.88 Å². The molecule has 1 fully saturated rings. The second-order valence-electron chi connectivity index (χ2n) is 5.86. The summed E-state index contributed by atoms with van der Waals surface area (Å²) in [5, 5.41) is 1.06. The third-order valence-corrected chi connectivity index (χ3v) is 5.40. The normalized spacial score (nSPS) is 15.3. The van der Waals surface area contributed by atoms with Crippen LogP contribution in [0.2, 0.25) is 0 Å². The van der Waals surface area contributed by atoms with Gasteiger partial charge in [0.1, 0.15) is 0 Å². The lowest BCUT2D eigenvalue weighted by atomic mass is 10.2. The van der Waals surface area contributed by atoms with Gasteiger partial charge in [0.2, 0.25) is 5.88 Å². The summed E-state index contributed by atoms with van der Waals surface area (Å²) < 4.78 is 5.11. The molecule has 0 unspecified atom stereocenters. The van der Waals surface area contributed by atoms with Gasteiger partial charge < -0.3 is 14.5 Å². The molecule has 0 saturated carbocycles. The molecule has 2 aromatic rings. The van der Waals surface area contributed by atoms with Gasteiger partial charge >= 0.3 is 0 Å². The number of carbonyl (C=O) groups excluding carboxylic acids is 1. The second kappa shape index (κ2) is 7.17. The van der Waals surface area contributed by atoms with Gasteiger partial charge in [-0.1, -0.05) is 0 Å². The van der Waals surface area contributed by atoms with Crippen LogP contribution in [0.15, 0.2) is 18.3 Å². The van der Waals surface area contributed by atoms with Crippen molar-refractivity contribution in [3.63, 3.8) is 0 Å². The molecular formula is C17H22N4O2S. The Labute approximate surface area is 146 Å². The Morgan fingerprint density at radius 2 is 2.08 bits per heavy atom. The quantitative estimate of drug-likeness (QED) is 0.855. The van der Waals surface area contributed by atoms with Crippen molar-refractivity contribution in [1.29, 1.82) is 0 Å². The van der Waals surface area contributed by atoms with Crippen LogP contribution in [0.1, 0.15) is 27.3 Å². The van der Waals surface area contributed by atoms with E-state index in [2.05, 4.69) is 21.8 Å². The lowest BCUT2D eigenvalue weighted by Crippen LogP contribution is -2.35. The molecule has 0 bridgehead atoms. The molecule has 3 rings (SSSR count). The standard InChI is InChI=1S/C17H22N4O2S/c1-12-13(2)24-17(19-12)21-8-4-7-20(9-10-21)16(22)14-5-6-18-15(11-14)23-3/h5-6,11H,4,7-10H2,1-3H3. The Bertz CT molecular complexity index is 712. The van der Waals surface area contributed by atoms with Gasteiger partial charge in [0, 0.05) is 48.9 Å². The Morgan fingerprint density at radius 3 is 2.79 bits per heavy atom. The van der Waals surface area contributed by atoms with E-state index in [1.165, 1.54) is 4.88 Å². The van der Waals surface area contributed by atoms with E-state index >= 15 is 0 Å². The first-order valence-electron chi connectivity index (χ1n) is 8.07. The SMILES string of the molecule is COc1cc(C(=O)N2CCCN(c3nc(C)c(C)s3)CC2)ccn1. The van der Waals surface area contributed by atoms with E-state index in [1.54, 1.807) is 36.8 Å². The van der Waals surface area contributed by atoms with E-state index in [0.717, 1.165) is 36.9 Å². The van der Waals surface area contributed by atoms with Crippen LogP contribution >= 0.6 is 11.3 Å². The van der Waals surface area contributed by atoms with E-state index in [-0.39, 0.29) is 5.91 Å². The fourth-order valence-electron chi connectivity index (χ4n) is 2.74. The number of hydrogen-bond donors (Lipinski definition) is 0. The first-order chi connectivity index (χ1) is 11.6. The number of rotatable bonds is 3. The number of methoxy groups -OCH3 is 1. The minimum atomic E-state index is 0.0315. The van der Waals surface area contributed by atoms with E-state index in [0.29, 0.717) is 18.0 Å². The number of pyridine rings is 1. The van der Waals surface area contributed by atoms with E-state index in [9.17, 15) is 4.79 Å². The number of thiazole rings is 1. The zero-order valence-electron chi connectivity index (χ0n) is 14.3. The Hall–Kier alpha value is -2.15. The maximum Gasteiger partial charge on any atom is 0.254 e. The summed E-state index contributed by atoms with van der Waals surface area (Å²) in [6, 6.07) is 3.43. The molecular weight excluding hydrogens is 324 g/mol. The van der Waals surface area contributed by atoms with Crippen molar-refractivity contribution in [3.05, 3.63) is 34.5 Å². The number of ether oxygens (including phenoxy) is 1. The fraction of sp³-hybridized carbons (Fsp3) is 0.471. The van der Waals surface area contributed by atoms with Gasteiger partial charge in [0.15, 0.2) is 5.13 Å². The number of amides is 1. The highest BCUT2D eigenvalue weighted by Gasteiger charge is 2.22. The number of aryl methyl sites for hydroxylation is 2. The topological polar surface area (TPSA) is 58.6 Å². The molecule has 0 radical (unpaired) electrons. The predicted molar refractivity (Wildman–Crippen MR) is 95.1 cm³/mol. The van der Waals surface area contributed by atoms with Crippen molar-refractivity contribution < 1.29 is 9.53 Å². The number of hydrogen-bond acceptors (Lipinski definition) is 6. The maximum absolute atomic E-state index is 12.7. The van der Waals surface area contributed by atoms with Gasteiger partial charge in [0.25, 0.3) is 5.91 Å². The average Bonchev–Trinajstić information content (AvgIpc) is 2.81. The highest BCUT2D eigenvalue weighted by Crippen LogP contribution is 2.26. The molecule has 1 aliphatic rings. The Morgan fingerprint density at radius 1 is 1.25 bits per heavy atom. The highest BCUT2D eigenvalue weighted by atomic mass is 32.1. The second-order valence-corrected chi connectivity index (χ2v) is 7.04. The van der Waals surface area contributed by atoms with Crippen LogP contribution in [0, 0.1) is 13.8 Å². The summed E-state index contributed by atoms with van der Waals surface area (Å²) >= 11 is 1.73. The smallest absolute Gasteiger partial charge is 0.254 e. The van der Waals surface area contributed by atoms with Crippen LogP contribution in [-0.2, 0) is 0 Å². The zero-order valence-corrected chi connectivity index (χ0v) is 15.1. The van der Waals surface area contributed by atoms with Crippen LogP contribution < -0.4 is 9.64 Å². The molecule has 2 aromatic heterocycles. The van der Waals surface area contributed by atoms with E-state index in [1.807, 2.05) is 11.8 Å². The van der Waals surface area contributed by atoms with Gasteiger partial charge in [0.05, 0.1) is 12.8 Å². The minimum Gasteiger partial charge on any atom is -0.481 e. The largest absolute Gasteiger partial charge is 0.481 e. The van der Waals surface area contributed by atoms with E-state index < -0.39 is 0 Å². The molecule has 0 spiro atoms. The summed E-state index contributed by atoms with van der Waals surface area (Å²) in [4.78, 5) is 26.9. The molecule has 1 saturated heterocycles. The fourth-order valence-corrected chi connectivity index (χ4v) is 3.70. The van der Waals surface area contributed by atoms with Crippen LogP contribution in [-0.4, -0.2) is 54.1 Å². The van der Waals surface area contributed by atoms with Crippen molar-refractivity contribution in [2.24, 2.45) is 0 Å². The van der Waals surface area contributed by atoms with Crippen molar-refractivity contribution in [2.45, 2.75) is 20.3 Å². The highest BCUT2D eigenvalue weighted by molar-refractivity contribution is 7.15. The number of aromatic nitrogens is 2. The summed E-state index contributed by atoms with van der Waals surface area (Å²) in [5.74, 6) is 0.495. The lowest BCUT2D eigenvalue weighted by molar-refractivity contribution is 0.0766. The van der Waals surface area contributed by atoms with E-state index in [4.69, 9.17) is 4.74 Å². The molecule has 1 aliphatic heterocycles. The van der Waals surface area contributed by atoms with Crippen molar-refractivity contribution in [1.82, 2.24) is 14.9 Å². The monoisotopic (exact) mass is 346 g/mol. The first-order valence-corrected chi connectivity index (χ1v) is 8.88. The molecule has 128 valence electrons. The molecule has 7 heteroatoms. The van der Waals surface area contributed by atoms with Crippen LogP contribution in [0.4, 0.5) is 5.13 Å². The third kappa shape index (κ3) is 3.51.